The van der Waals surface area contributed by atoms with Crippen LogP contribution < -0.4 is 5.32 Å². The van der Waals surface area contributed by atoms with E-state index in [9.17, 15) is 9.59 Å². The molecule has 0 unspecified atom stereocenters. The fourth-order valence-electron chi connectivity index (χ4n) is 3.50. The Bertz CT molecular complexity index is 895. The maximum Gasteiger partial charge on any atom is 0.255 e. The quantitative estimate of drug-likeness (QED) is 0.916. The van der Waals surface area contributed by atoms with Gasteiger partial charge in [0, 0.05) is 24.2 Å². The van der Waals surface area contributed by atoms with Crippen molar-refractivity contribution in [2.75, 3.05) is 13.1 Å². The normalized spacial score (nSPS) is 19.9. The third-order valence-electron chi connectivity index (χ3n) is 5.30. The van der Waals surface area contributed by atoms with E-state index in [0.717, 1.165) is 29.6 Å². The van der Waals surface area contributed by atoms with Crippen molar-refractivity contribution < 1.29 is 9.59 Å². The average molecular weight is 355 g/mol. The molecule has 7 nitrogen and oxygen atoms in total. The zero-order valence-corrected chi connectivity index (χ0v) is 15.7. The minimum absolute atomic E-state index is 0.0761. The maximum atomic E-state index is 13.4. The Morgan fingerprint density at radius 3 is 2.73 bits per heavy atom. The highest BCUT2D eigenvalue weighted by Gasteiger charge is 2.38. The SMILES string of the molecule is CC(C)n1ncc2c(C(=O)N3CC(=O)NCC3(C)C)cc(C3CC3)nc21. The Morgan fingerprint density at radius 1 is 1.35 bits per heavy atom. The summed E-state index contributed by atoms with van der Waals surface area (Å²) in [6.07, 6.45) is 3.95. The van der Waals surface area contributed by atoms with Crippen LogP contribution in [0, 0.1) is 0 Å². The van der Waals surface area contributed by atoms with Gasteiger partial charge in [-0.3, -0.25) is 9.59 Å². The molecule has 0 aromatic carbocycles. The summed E-state index contributed by atoms with van der Waals surface area (Å²) in [5.41, 5.74) is 1.88. The molecule has 0 atom stereocenters. The molecule has 26 heavy (non-hydrogen) atoms. The summed E-state index contributed by atoms with van der Waals surface area (Å²) in [7, 11) is 0. The second kappa shape index (κ2) is 5.79. The van der Waals surface area contributed by atoms with Gasteiger partial charge in [0.05, 0.1) is 22.7 Å². The van der Waals surface area contributed by atoms with E-state index >= 15 is 0 Å². The molecule has 1 N–H and O–H groups in total. The van der Waals surface area contributed by atoms with Crippen LogP contribution in [0.5, 0.6) is 0 Å². The molecule has 2 aromatic rings. The van der Waals surface area contributed by atoms with Crippen LogP contribution in [0.4, 0.5) is 0 Å². The molecule has 0 spiro atoms. The number of aromatic nitrogens is 3. The molecule has 1 aliphatic heterocycles. The fourth-order valence-corrected chi connectivity index (χ4v) is 3.50. The smallest absolute Gasteiger partial charge is 0.255 e. The Morgan fingerprint density at radius 2 is 2.08 bits per heavy atom. The number of piperazine rings is 1. The predicted octanol–water partition coefficient (Wildman–Crippen LogP) is 2.24. The van der Waals surface area contributed by atoms with Gasteiger partial charge in [-0.1, -0.05) is 0 Å². The molecule has 138 valence electrons. The van der Waals surface area contributed by atoms with Crippen LogP contribution in [0.1, 0.15) is 68.5 Å². The van der Waals surface area contributed by atoms with E-state index in [1.54, 1.807) is 11.1 Å². The number of carbonyl (C=O) groups excluding carboxylic acids is 2. The molecule has 2 aliphatic rings. The summed E-state index contributed by atoms with van der Waals surface area (Å²) >= 11 is 0. The van der Waals surface area contributed by atoms with E-state index in [0.29, 0.717) is 18.0 Å². The van der Waals surface area contributed by atoms with Gasteiger partial charge in [0.2, 0.25) is 5.91 Å². The monoisotopic (exact) mass is 355 g/mol. The van der Waals surface area contributed by atoms with Crippen LogP contribution in [0.15, 0.2) is 12.3 Å². The van der Waals surface area contributed by atoms with Gasteiger partial charge < -0.3 is 10.2 Å². The zero-order valence-electron chi connectivity index (χ0n) is 15.7. The van der Waals surface area contributed by atoms with Crippen LogP contribution in [0.25, 0.3) is 11.0 Å². The van der Waals surface area contributed by atoms with Crippen LogP contribution in [0.2, 0.25) is 0 Å². The van der Waals surface area contributed by atoms with Crippen molar-refractivity contribution in [3.8, 4) is 0 Å². The first-order valence-corrected chi connectivity index (χ1v) is 9.25. The number of nitrogens with zero attached hydrogens (tertiary/aromatic N) is 4. The lowest BCUT2D eigenvalue weighted by Crippen LogP contribution is -2.62. The maximum absolute atomic E-state index is 13.4. The van der Waals surface area contributed by atoms with Gasteiger partial charge in [0.15, 0.2) is 5.65 Å². The number of nitrogens with one attached hydrogen (secondary N) is 1. The van der Waals surface area contributed by atoms with Gasteiger partial charge in [-0.25, -0.2) is 9.67 Å². The number of rotatable bonds is 3. The fraction of sp³-hybridized carbons (Fsp3) is 0.579. The topological polar surface area (TPSA) is 80.1 Å². The van der Waals surface area contributed by atoms with Gasteiger partial charge in [-0.15, -0.1) is 0 Å². The second-order valence-electron chi connectivity index (χ2n) is 8.27. The first-order chi connectivity index (χ1) is 12.3. The number of fused-ring (bicyclic) bond motifs is 1. The number of hydrogen-bond acceptors (Lipinski definition) is 4. The van der Waals surface area contributed by atoms with E-state index in [1.807, 2.05) is 24.6 Å². The Balaban J connectivity index is 1.84. The summed E-state index contributed by atoms with van der Waals surface area (Å²) in [5, 5.41) is 8.06. The van der Waals surface area contributed by atoms with E-state index in [4.69, 9.17) is 4.98 Å². The first-order valence-electron chi connectivity index (χ1n) is 9.25. The number of pyridine rings is 1. The van der Waals surface area contributed by atoms with Gasteiger partial charge in [0.25, 0.3) is 5.91 Å². The molecule has 0 bridgehead atoms. The minimum Gasteiger partial charge on any atom is -0.352 e. The van der Waals surface area contributed by atoms with E-state index in [-0.39, 0.29) is 24.4 Å². The highest BCUT2D eigenvalue weighted by atomic mass is 16.2. The van der Waals surface area contributed by atoms with E-state index < -0.39 is 5.54 Å². The summed E-state index contributed by atoms with van der Waals surface area (Å²) < 4.78 is 1.87. The largest absolute Gasteiger partial charge is 0.352 e. The van der Waals surface area contributed by atoms with Crippen molar-refractivity contribution in [3.05, 3.63) is 23.5 Å². The summed E-state index contributed by atoms with van der Waals surface area (Å²) in [6.45, 7) is 8.58. The molecule has 2 aromatic heterocycles. The molecule has 2 amide bonds. The summed E-state index contributed by atoms with van der Waals surface area (Å²) in [4.78, 5) is 31.8. The number of hydrogen-bond donors (Lipinski definition) is 1. The highest BCUT2D eigenvalue weighted by molar-refractivity contribution is 6.07. The van der Waals surface area contributed by atoms with Crippen molar-refractivity contribution in [1.29, 1.82) is 0 Å². The average Bonchev–Trinajstić information content (AvgIpc) is 3.34. The van der Waals surface area contributed by atoms with Crippen molar-refractivity contribution in [2.45, 2.75) is 58.0 Å². The van der Waals surface area contributed by atoms with E-state index in [2.05, 4.69) is 24.3 Å². The van der Waals surface area contributed by atoms with Gasteiger partial charge in [-0.05, 0) is 46.6 Å². The number of amides is 2. The summed E-state index contributed by atoms with van der Waals surface area (Å²) in [5.74, 6) is 0.185. The van der Waals surface area contributed by atoms with Gasteiger partial charge in [0.1, 0.15) is 6.54 Å². The first kappa shape index (κ1) is 17.0. The van der Waals surface area contributed by atoms with Crippen molar-refractivity contribution in [2.24, 2.45) is 0 Å². The molecule has 2 fully saturated rings. The Labute approximate surface area is 152 Å². The molecule has 3 heterocycles. The standard InChI is InChI=1S/C19H25N5O2/c1-11(2)24-17-14(8-21-24)13(7-15(22-17)12-5-6-12)18(26)23-9-16(25)20-10-19(23,3)4/h7-8,11-12H,5-6,9-10H2,1-4H3,(H,20,25). The van der Waals surface area contributed by atoms with Crippen LogP contribution in [-0.2, 0) is 4.79 Å². The summed E-state index contributed by atoms with van der Waals surface area (Å²) in [6, 6.07) is 2.08. The lowest BCUT2D eigenvalue weighted by Gasteiger charge is -2.42. The minimum atomic E-state index is -0.436. The second-order valence-corrected chi connectivity index (χ2v) is 8.27. The van der Waals surface area contributed by atoms with Crippen molar-refractivity contribution in [3.63, 3.8) is 0 Å². The molecule has 7 heteroatoms. The van der Waals surface area contributed by atoms with Crippen molar-refractivity contribution in [1.82, 2.24) is 25.0 Å². The van der Waals surface area contributed by atoms with Crippen LogP contribution >= 0.6 is 0 Å². The van der Waals surface area contributed by atoms with Crippen LogP contribution in [0.3, 0.4) is 0 Å². The molecule has 1 saturated carbocycles. The third-order valence-corrected chi connectivity index (χ3v) is 5.30. The molecule has 1 saturated heterocycles. The van der Waals surface area contributed by atoms with Gasteiger partial charge >= 0.3 is 0 Å². The van der Waals surface area contributed by atoms with Crippen molar-refractivity contribution >= 4 is 22.8 Å². The molecular weight excluding hydrogens is 330 g/mol. The third kappa shape index (κ3) is 2.75. The van der Waals surface area contributed by atoms with Gasteiger partial charge in [-0.2, -0.15) is 5.10 Å². The molecule has 4 rings (SSSR count). The zero-order chi connectivity index (χ0) is 18.6. The Kier molecular flexibility index (Phi) is 3.78. The molecular formula is C19H25N5O2. The number of carbonyl (C=O) groups is 2. The molecule has 1 aliphatic carbocycles. The van der Waals surface area contributed by atoms with E-state index in [1.165, 1.54) is 0 Å². The lowest BCUT2D eigenvalue weighted by atomic mass is 9.97. The lowest BCUT2D eigenvalue weighted by molar-refractivity contribution is -0.126. The molecule has 0 radical (unpaired) electrons. The highest BCUT2D eigenvalue weighted by Crippen LogP contribution is 2.40. The Hall–Kier alpha value is -2.44. The predicted molar refractivity (Wildman–Crippen MR) is 98.0 cm³/mol. The van der Waals surface area contributed by atoms with Crippen LogP contribution in [-0.4, -0.2) is 50.1 Å².